The third-order valence-electron chi connectivity index (χ3n) is 2.55. The number of halogens is 1. The summed E-state index contributed by atoms with van der Waals surface area (Å²) in [6.07, 6.45) is 1.47. The molecule has 3 rings (SSSR count). The van der Waals surface area contributed by atoms with Crippen LogP contribution in [0.5, 0.6) is 0 Å². The Bertz CT molecular complexity index is 848. The van der Waals surface area contributed by atoms with Crippen LogP contribution in [0.1, 0.15) is 0 Å². The molecule has 90 valence electrons. The van der Waals surface area contributed by atoms with Crippen molar-refractivity contribution < 1.29 is 0 Å². The number of H-pyrrole nitrogens is 2. The van der Waals surface area contributed by atoms with Gasteiger partial charge in [-0.25, -0.2) is 4.68 Å². The third kappa shape index (κ3) is 1.66. The molecule has 2 N–H and O–H groups in total. The number of hydrogen-bond donors (Lipinski definition) is 2. The molecule has 0 bridgehead atoms. The number of nitrogens with one attached hydrogen (secondary N) is 2. The van der Waals surface area contributed by atoms with Crippen LogP contribution in [0.15, 0.2) is 35.3 Å². The lowest BCUT2D eigenvalue weighted by molar-refractivity contribution is 0.893. The average Bonchev–Trinajstić information content (AvgIpc) is 2.73. The molecular formula is C11H7ClN4OS. The van der Waals surface area contributed by atoms with Crippen molar-refractivity contribution in [2.75, 3.05) is 0 Å². The van der Waals surface area contributed by atoms with Crippen molar-refractivity contribution >= 4 is 34.9 Å². The molecule has 1 aromatic carbocycles. The number of para-hydroxylation sites is 1. The van der Waals surface area contributed by atoms with Gasteiger partial charge in [-0.1, -0.05) is 23.7 Å². The minimum Gasteiger partial charge on any atom is -0.316 e. The first-order chi connectivity index (χ1) is 8.66. The van der Waals surface area contributed by atoms with Crippen molar-refractivity contribution in [3.8, 4) is 5.69 Å². The van der Waals surface area contributed by atoms with Crippen LogP contribution in [0, 0.1) is 4.77 Å². The summed E-state index contributed by atoms with van der Waals surface area (Å²) in [5.74, 6) is 0. The summed E-state index contributed by atoms with van der Waals surface area (Å²) in [5, 5.41) is 5.14. The molecule has 5 nitrogen and oxygen atoms in total. The predicted octanol–water partition coefficient (Wildman–Crippen LogP) is 2.42. The molecule has 0 atom stereocenters. The van der Waals surface area contributed by atoms with Crippen molar-refractivity contribution in [1.82, 2.24) is 19.7 Å². The monoisotopic (exact) mass is 278 g/mol. The number of nitrogens with zero attached hydrogens (tertiary/aromatic N) is 2. The zero-order valence-corrected chi connectivity index (χ0v) is 10.5. The molecule has 0 unspecified atom stereocenters. The molecule has 3 aromatic rings. The molecule has 0 saturated carbocycles. The smallest absolute Gasteiger partial charge is 0.262 e. The summed E-state index contributed by atoms with van der Waals surface area (Å²) in [4.78, 5) is 17.1. The van der Waals surface area contributed by atoms with E-state index in [9.17, 15) is 4.79 Å². The topological polar surface area (TPSA) is 66.5 Å². The van der Waals surface area contributed by atoms with E-state index < -0.39 is 0 Å². The number of hydrogen-bond acceptors (Lipinski definition) is 3. The highest BCUT2D eigenvalue weighted by Gasteiger charge is 2.10. The lowest BCUT2D eigenvalue weighted by Gasteiger charge is -2.04. The Kier molecular flexibility index (Phi) is 2.53. The second-order valence-electron chi connectivity index (χ2n) is 3.68. The normalized spacial score (nSPS) is 10.9. The van der Waals surface area contributed by atoms with Crippen LogP contribution in [0.25, 0.3) is 16.7 Å². The molecule has 0 saturated heterocycles. The van der Waals surface area contributed by atoms with Gasteiger partial charge in [0.1, 0.15) is 11.0 Å². The Labute approximate surface area is 111 Å². The maximum Gasteiger partial charge on any atom is 0.262 e. The van der Waals surface area contributed by atoms with Gasteiger partial charge in [0, 0.05) is 0 Å². The lowest BCUT2D eigenvalue weighted by atomic mass is 10.3. The molecule has 2 aromatic heterocycles. The van der Waals surface area contributed by atoms with Crippen LogP contribution in [-0.2, 0) is 0 Å². The zero-order chi connectivity index (χ0) is 12.7. The number of fused-ring (bicyclic) bond motifs is 1. The summed E-state index contributed by atoms with van der Waals surface area (Å²) >= 11 is 11.1. The van der Waals surface area contributed by atoms with Gasteiger partial charge in [-0.15, -0.1) is 0 Å². The summed E-state index contributed by atoms with van der Waals surface area (Å²) in [5.41, 5.74) is 0.939. The van der Waals surface area contributed by atoms with Gasteiger partial charge in [-0.05, 0) is 24.4 Å². The molecule has 18 heavy (non-hydrogen) atoms. The van der Waals surface area contributed by atoms with Crippen molar-refractivity contribution in [2.45, 2.75) is 0 Å². The Morgan fingerprint density at radius 1 is 1.28 bits per heavy atom. The number of rotatable bonds is 1. The van der Waals surface area contributed by atoms with E-state index in [2.05, 4.69) is 15.1 Å². The number of aromatic nitrogens is 4. The molecule has 0 spiro atoms. The Hall–Kier alpha value is -1.92. The highest BCUT2D eigenvalue weighted by atomic mass is 35.5. The molecule has 7 heteroatoms. The first-order valence-corrected chi connectivity index (χ1v) is 5.90. The first-order valence-electron chi connectivity index (χ1n) is 5.12. The lowest BCUT2D eigenvalue weighted by Crippen LogP contribution is -2.08. The van der Waals surface area contributed by atoms with Gasteiger partial charge in [0.2, 0.25) is 0 Å². The molecular weight excluding hydrogens is 272 g/mol. The van der Waals surface area contributed by atoms with E-state index in [4.69, 9.17) is 23.8 Å². The van der Waals surface area contributed by atoms with E-state index in [1.807, 2.05) is 18.2 Å². The minimum absolute atomic E-state index is 0.251. The van der Waals surface area contributed by atoms with Gasteiger partial charge >= 0.3 is 0 Å². The summed E-state index contributed by atoms with van der Waals surface area (Å²) in [6, 6.07) is 7.24. The van der Waals surface area contributed by atoms with Gasteiger partial charge in [0.05, 0.1) is 16.9 Å². The van der Waals surface area contributed by atoms with Gasteiger partial charge in [-0.3, -0.25) is 9.78 Å². The molecule has 0 amide bonds. The second kappa shape index (κ2) is 4.08. The third-order valence-corrected chi connectivity index (χ3v) is 3.08. The van der Waals surface area contributed by atoms with E-state index in [0.29, 0.717) is 21.7 Å². The number of benzene rings is 1. The minimum atomic E-state index is -0.271. The molecule has 0 fully saturated rings. The summed E-state index contributed by atoms with van der Waals surface area (Å²) in [7, 11) is 0. The quantitative estimate of drug-likeness (QED) is 0.672. The molecule has 0 aliphatic rings. The van der Waals surface area contributed by atoms with Gasteiger partial charge in [-0.2, -0.15) is 5.10 Å². The fraction of sp³-hybridized carbons (Fsp3) is 0. The summed E-state index contributed by atoms with van der Waals surface area (Å²) in [6.45, 7) is 0. The SMILES string of the molecule is O=c1[nH]c(=S)[nH]c2c1cnn2-c1ccccc1Cl. The predicted molar refractivity (Wildman–Crippen MR) is 71.9 cm³/mol. The Morgan fingerprint density at radius 2 is 2.06 bits per heavy atom. The standard InChI is InChI=1S/C11H7ClN4OS/c12-7-3-1-2-4-8(7)16-9-6(5-13-16)10(17)15-11(18)14-9/h1-5H,(H2,14,15,17,18). The van der Waals surface area contributed by atoms with Crippen molar-refractivity contribution in [2.24, 2.45) is 0 Å². The van der Waals surface area contributed by atoms with E-state index in [1.54, 1.807) is 10.7 Å². The van der Waals surface area contributed by atoms with Gasteiger partial charge in [0.25, 0.3) is 5.56 Å². The van der Waals surface area contributed by atoms with Crippen molar-refractivity contribution in [1.29, 1.82) is 0 Å². The first kappa shape index (κ1) is 11.2. The van der Waals surface area contributed by atoms with Crippen LogP contribution >= 0.6 is 23.8 Å². The average molecular weight is 279 g/mol. The second-order valence-corrected chi connectivity index (χ2v) is 4.49. The van der Waals surface area contributed by atoms with Crippen molar-refractivity contribution in [3.63, 3.8) is 0 Å². The molecule has 2 heterocycles. The van der Waals surface area contributed by atoms with E-state index >= 15 is 0 Å². The molecule has 0 radical (unpaired) electrons. The van der Waals surface area contributed by atoms with Crippen LogP contribution < -0.4 is 5.56 Å². The summed E-state index contributed by atoms with van der Waals surface area (Å²) < 4.78 is 1.81. The van der Waals surface area contributed by atoms with E-state index in [1.165, 1.54) is 6.20 Å². The van der Waals surface area contributed by atoms with Crippen LogP contribution in [0.2, 0.25) is 5.02 Å². The zero-order valence-electron chi connectivity index (χ0n) is 8.98. The van der Waals surface area contributed by atoms with E-state index in [0.717, 1.165) is 0 Å². The van der Waals surface area contributed by atoms with E-state index in [-0.39, 0.29) is 10.3 Å². The highest BCUT2D eigenvalue weighted by molar-refractivity contribution is 7.71. The highest BCUT2D eigenvalue weighted by Crippen LogP contribution is 2.21. The molecule has 0 aliphatic heterocycles. The number of aromatic amines is 2. The van der Waals surface area contributed by atoms with Gasteiger partial charge in [0.15, 0.2) is 4.77 Å². The Morgan fingerprint density at radius 3 is 2.83 bits per heavy atom. The maximum absolute atomic E-state index is 11.7. The van der Waals surface area contributed by atoms with Crippen molar-refractivity contribution in [3.05, 3.63) is 50.6 Å². The van der Waals surface area contributed by atoms with Gasteiger partial charge < -0.3 is 4.98 Å². The van der Waals surface area contributed by atoms with Crippen LogP contribution in [0.3, 0.4) is 0 Å². The van der Waals surface area contributed by atoms with Crippen LogP contribution in [-0.4, -0.2) is 19.7 Å². The largest absolute Gasteiger partial charge is 0.316 e. The fourth-order valence-electron chi connectivity index (χ4n) is 1.75. The fourth-order valence-corrected chi connectivity index (χ4v) is 2.16. The van der Waals surface area contributed by atoms with Crippen LogP contribution in [0.4, 0.5) is 0 Å². The maximum atomic E-state index is 11.7. The Balaban J connectivity index is 2.42. The molecule has 0 aliphatic carbocycles.